The molecular weight excluding hydrogens is 365 g/mol. The van der Waals surface area contributed by atoms with E-state index in [9.17, 15) is 4.79 Å². The molecule has 4 nitrogen and oxygen atoms in total. The minimum Gasteiger partial charge on any atom is -0.356 e. The van der Waals surface area contributed by atoms with Crippen LogP contribution in [0.2, 0.25) is 5.02 Å². The first-order valence-corrected chi connectivity index (χ1v) is 9.42. The van der Waals surface area contributed by atoms with E-state index in [2.05, 4.69) is 15.6 Å². The molecule has 2 aromatic rings. The Morgan fingerprint density at radius 3 is 2.96 bits per heavy atom. The number of aromatic nitrogens is 1. The third-order valence-corrected chi connectivity index (χ3v) is 5.62. The summed E-state index contributed by atoms with van der Waals surface area (Å²) in [6.45, 7) is 2.83. The quantitative estimate of drug-likeness (QED) is 0.791. The molecule has 24 heavy (non-hydrogen) atoms. The fourth-order valence-corrected chi connectivity index (χ4v) is 4.07. The van der Waals surface area contributed by atoms with Crippen molar-refractivity contribution >= 4 is 51.5 Å². The van der Waals surface area contributed by atoms with E-state index >= 15 is 0 Å². The van der Waals surface area contributed by atoms with Crippen LogP contribution in [-0.2, 0) is 11.2 Å². The lowest BCUT2D eigenvalue weighted by atomic mass is 9.93. The smallest absolute Gasteiger partial charge is 0.220 e. The van der Waals surface area contributed by atoms with Crippen LogP contribution in [-0.4, -0.2) is 30.5 Å². The zero-order chi connectivity index (χ0) is 16.1. The second kappa shape index (κ2) is 9.56. The molecule has 0 saturated carbocycles. The summed E-state index contributed by atoms with van der Waals surface area (Å²) in [5.41, 5.74) is 0.940. The maximum absolute atomic E-state index is 11.9. The van der Waals surface area contributed by atoms with Crippen molar-refractivity contribution in [2.45, 2.75) is 32.1 Å². The van der Waals surface area contributed by atoms with Crippen molar-refractivity contribution < 1.29 is 4.79 Å². The Labute approximate surface area is 157 Å². The molecule has 3 rings (SSSR count). The van der Waals surface area contributed by atoms with Crippen molar-refractivity contribution in [1.29, 1.82) is 0 Å². The van der Waals surface area contributed by atoms with E-state index in [1.807, 2.05) is 18.2 Å². The summed E-state index contributed by atoms with van der Waals surface area (Å²) in [4.78, 5) is 16.5. The number of hydrogen-bond donors (Lipinski definition) is 2. The fraction of sp³-hybridized carbons (Fsp3) is 0.529. The van der Waals surface area contributed by atoms with Gasteiger partial charge in [0.25, 0.3) is 0 Å². The SMILES string of the molecule is Cl.O=C(CCC1CCNCC1)NCCc1nc2cc(Cl)ccc2s1. The van der Waals surface area contributed by atoms with E-state index < -0.39 is 0 Å². The molecule has 0 bridgehead atoms. The molecule has 1 aromatic carbocycles. The number of carbonyl (C=O) groups is 1. The van der Waals surface area contributed by atoms with Crippen molar-refractivity contribution in [3.05, 3.63) is 28.2 Å². The first kappa shape index (κ1) is 19.4. The van der Waals surface area contributed by atoms with E-state index in [4.69, 9.17) is 11.6 Å². The standard InChI is InChI=1S/C17H22ClN3OS.ClH/c18-13-2-3-15-14(11-13)21-17(23-15)7-10-20-16(22)4-1-12-5-8-19-9-6-12;/h2-3,11-12,19H,1,4-10H2,(H,20,22);1H. The summed E-state index contributed by atoms with van der Waals surface area (Å²) in [5, 5.41) is 8.12. The van der Waals surface area contributed by atoms with Crippen LogP contribution in [0, 0.1) is 5.92 Å². The van der Waals surface area contributed by atoms with Crippen LogP contribution in [0.3, 0.4) is 0 Å². The maximum Gasteiger partial charge on any atom is 0.220 e. The van der Waals surface area contributed by atoms with E-state index in [1.54, 1.807) is 11.3 Å². The Kier molecular flexibility index (Phi) is 7.75. The lowest BCUT2D eigenvalue weighted by molar-refractivity contribution is -0.121. The Balaban J connectivity index is 0.00000208. The first-order chi connectivity index (χ1) is 11.2. The highest BCUT2D eigenvalue weighted by atomic mass is 35.5. The molecule has 2 N–H and O–H groups in total. The van der Waals surface area contributed by atoms with Gasteiger partial charge in [-0.2, -0.15) is 0 Å². The Bertz CT molecular complexity index is 671. The lowest BCUT2D eigenvalue weighted by Gasteiger charge is -2.22. The predicted octanol–water partition coefficient (Wildman–Crippen LogP) is 3.81. The summed E-state index contributed by atoms with van der Waals surface area (Å²) in [5.74, 6) is 0.865. The van der Waals surface area contributed by atoms with Crippen LogP contribution in [0.5, 0.6) is 0 Å². The van der Waals surface area contributed by atoms with Crippen molar-refractivity contribution in [1.82, 2.24) is 15.6 Å². The second-order valence-corrected chi connectivity index (χ2v) is 7.60. The zero-order valence-corrected chi connectivity index (χ0v) is 15.9. The summed E-state index contributed by atoms with van der Waals surface area (Å²) >= 11 is 7.64. The third kappa shape index (κ3) is 5.59. The van der Waals surface area contributed by atoms with E-state index in [0.29, 0.717) is 23.9 Å². The van der Waals surface area contributed by atoms with Gasteiger partial charge in [-0.05, 0) is 56.5 Å². The molecule has 1 fully saturated rings. The predicted molar refractivity (Wildman–Crippen MR) is 103 cm³/mol. The minimum absolute atomic E-state index is 0. The summed E-state index contributed by atoms with van der Waals surface area (Å²) in [7, 11) is 0. The second-order valence-electron chi connectivity index (χ2n) is 6.05. The molecule has 132 valence electrons. The number of piperidine rings is 1. The molecule has 2 heterocycles. The number of halogens is 2. The van der Waals surface area contributed by atoms with Crippen molar-refractivity contribution in [2.24, 2.45) is 5.92 Å². The van der Waals surface area contributed by atoms with Gasteiger partial charge < -0.3 is 10.6 Å². The van der Waals surface area contributed by atoms with Crippen LogP contribution in [0.15, 0.2) is 18.2 Å². The van der Waals surface area contributed by atoms with Crippen molar-refractivity contribution in [2.75, 3.05) is 19.6 Å². The number of amides is 1. The molecule has 7 heteroatoms. The molecule has 0 radical (unpaired) electrons. The normalized spacial score (nSPS) is 15.2. The molecule has 0 aliphatic carbocycles. The third-order valence-electron chi connectivity index (χ3n) is 4.29. The van der Waals surface area contributed by atoms with Crippen LogP contribution in [0.4, 0.5) is 0 Å². The molecule has 1 amide bonds. The molecular formula is C17H23Cl2N3OS. The number of hydrogen-bond acceptors (Lipinski definition) is 4. The topological polar surface area (TPSA) is 54.0 Å². The number of carbonyl (C=O) groups excluding carboxylic acids is 1. The van der Waals surface area contributed by atoms with Gasteiger partial charge in [0.05, 0.1) is 15.2 Å². The monoisotopic (exact) mass is 387 g/mol. The molecule has 0 unspecified atom stereocenters. The van der Waals surface area contributed by atoms with Crippen molar-refractivity contribution in [3.63, 3.8) is 0 Å². The van der Waals surface area contributed by atoms with E-state index in [1.165, 1.54) is 12.8 Å². The number of thiazole rings is 1. The highest BCUT2D eigenvalue weighted by Crippen LogP contribution is 2.25. The first-order valence-electron chi connectivity index (χ1n) is 8.23. The fourth-order valence-electron chi connectivity index (χ4n) is 2.96. The zero-order valence-electron chi connectivity index (χ0n) is 13.5. The highest BCUT2D eigenvalue weighted by molar-refractivity contribution is 7.18. The van der Waals surface area contributed by atoms with Gasteiger partial charge in [0.1, 0.15) is 0 Å². The van der Waals surface area contributed by atoms with Crippen LogP contribution >= 0.6 is 35.3 Å². The maximum atomic E-state index is 11.9. The van der Waals surface area contributed by atoms with Gasteiger partial charge in [0.15, 0.2) is 0 Å². The Morgan fingerprint density at radius 1 is 1.38 bits per heavy atom. The summed E-state index contributed by atoms with van der Waals surface area (Å²) < 4.78 is 1.14. The molecule has 1 saturated heterocycles. The average molecular weight is 388 g/mol. The van der Waals surface area contributed by atoms with Gasteiger partial charge >= 0.3 is 0 Å². The largest absolute Gasteiger partial charge is 0.356 e. The van der Waals surface area contributed by atoms with Crippen LogP contribution in [0.25, 0.3) is 10.2 Å². The summed E-state index contributed by atoms with van der Waals surface area (Å²) in [6, 6.07) is 5.76. The Hall–Kier alpha value is -0.880. The highest BCUT2D eigenvalue weighted by Gasteiger charge is 2.14. The minimum atomic E-state index is 0. The van der Waals surface area contributed by atoms with Gasteiger partial charge in [-0.25, -0.2) is 4.98 Å². The van der Waals surface area contributed by atoms with E-state index in [-0.39, 0.29) is 18.3 Å². The van der Waals surface area contributed by atoms with Gasteiger partial charge in [-0.15, -0.1) is 23.7 Å². The molecule has 0 spiro atoms. The van der Waals surface area contributed by atoms with E-state index in [0.717, 1.165) is 41.2 Å². The molecule has 1 aromatic heterocycles. The Morgan fingerprint density at radius 2 is 2.17 bits per heavy atom. The number of fused-ring (bicyclic) bond motifs is 1. The number of nitrogens with one attached hydrogen (secondary N) is 2. The van der Waals surface area contributed by atoms with Crippen LogP contribution < -0.4 is 10.6 Å². The molecule has 1 aliphatic rings. The summed E-state index contributed by atoms with van der Waals surface area (Å²) in [6.07, 6.45) is 4.81. The average Bonchev–Trinajstić information content (AvgIpc) is 2.95. The van der Waals surface area contributed by atoms with Gasteiger partial charge in [-0.1, -0.05) is 11.6 Å². The van der Waals surface area contributed by atoms with Crippen LogP contribution in [0.1, 0.15) is 30.7 Å². The molecule has 1 aliphatic heterocycles. The molecule has 0 atom stereocenters. The number of nitrogens with zero attached hydrogens (tertiary/aromatic N) is 1. The number of benzene rings is 1. The lowest BCUT2D eigenvalue weighted by Crippen LogP contribution is -2.30. The van der Waals surface area contributed by atoms with Gasteiger partial charge in [0, 0.05) is 24.4 Å². The number of rotatable bonds is 6. The van der Waals surface area contributed by atoms with Gasteiger partial charge in [-0.3, -0.25) is 4.79 Å². The van der Waals surface area contributed by atoms with Crippen molar-refractivity contribution in [3.8, 4) is 0 Å². The van der Waals surface area contributed by atoms with Gasteiger partial charge in [0.2, 0.25) is 5.91 Å².